The van der Waals surface area contributed by atoms with Crippen LogP contribution in [-0.4, -0.2) is 32.7 Å². The van der Waals surface area contributed by atoms with Crippen molar-refractivity contribution < 1.29 is 17.9 Å². The smallest absolute Gasteiger partial charge is 0.255 e. The normalized spacial score (nSPS) is 11.1. The number of benzene rings is 1. The summed E-state index contributed by atoms with van der Waals surface area (Å²) < 4.78 is 28.8. The molecular formula is C15H16ClN3O4S. The lowest BCUT2D eigenvalue weighted by molar-refractivity contribution is 0.0951. The summed E-state index contributed by atoms with van der Waals surface area (Å²) in [6.07, 6.45) is 2.43. The van der Waals surface area contributed by atoms with E-state index < -0.39 is 15.7 Å². The Morgan fingerprint density at radius 1 is 1.38 bits per heavy atom. The number of ether oxygens (including phenoxy) is 1. The van der Waals surface area contributed by atoms with E-state index in [1.54, 1.807) is 12.1 Å². The maximum absolute atomic E-state index is 12.2. The van der Waals surface area contributed by atoms with Gasteiger partial charge in [-0.15, -0.1) is 0 Å². The van der Waals surface area contributed by atoms with Crippen LogP contribution in [0.15, 0.2) is 35.4 Å². The van der Waals surface area contributed by atoms with Crippen LogP contribution in [-0.2, 0) is 16.4 Å². The van der Waals surface area contributed by atoms with Crippen molar-refractivity contribution in [2.45, 2.75) is 11.4 Å². The predicted molar refractivity (Wildman–Crippen MR) is 90.9 cm³/mol. The van der Waals surface area contributed by atoms with Gasteiger partial charge in [-0.2, -0.15) is 0 Å². The summed E-state index contributed by atoms with van der Waals surface area (Å²) in [6, 6.07) is 5.92. The standard InChI is InChI=1S/C15H16ClN3O4S/c1-23-11-3-4-13(24(2,21)22)9(5-11)7-19-15(20)12-6-10(16)8-18-14(12)17/h3-6,8H,7H2,1-2H3,(H2,17,18)(H,19,20). The number of rotatable bonds is 5. The number of nitrogens with one attached hydrogen (secondary N) is 1. The average molecular weight is 370 g/mol. The molecule has 1 heterocycles. The lowest BCUT2D eigenvalue weighted by atomic mass is 10.2. The quantitative estimate of drug-likeness (QED) is 0.829. The molecule has 0 aliphatic heterocycles. The van der Waals surface area contributed by atoms with Gasteiger partial charge in [0, 0.05) is 19.0 Å². The number of pyridine rings is 1. The second-order valence-electron chi connectivity index (χ2n) is 5.01. The van der Waals surface area contributed by atoms with E-state index in [1.165, 1.54) is 25.4 Å². The van der Waals surface area contributed by atoms with Gasteiger partial charge >= 0.3 is 0 Å². The first-order valence-corrected chi connectivity index (χ1v) is 9.05. The zero-order chi connectivity index (χ0) is 17.9. The number of hydrogen-bond acceptors (Lipinski definition) is 6. The molecule has 0 unspecified atom stereocenters. The van der Waals surface area contributed by atoms with E-state index >= 15 is 0 Å². The van der Waals surface area contributed by atoms with Gasteiger partial charge in [0.15, 0.2) is 9.84 Å². The van der Waals surface area contributed by atoms with Crippen LogP contribution in [0.4, 0.5) is 5.82 Å². The molecule has 1 amide bonds. The van der Waals surface area contributed by atoms with Gasteiger partial charge in [0.1, 0.15) is 11.6 Å². The molecule has 0 fully saturated rings. The van der Waals surface area contributed by atoms with Crippen molar-refractivity contribution in [2.24, 2.45) is 0 Å². The lowest BCUT2D eigenvalue weighted by Gasteiger charge is -2.12. The maximum Gasteiger partial charge on any atom is 0.255 e. The molecule has 0 aliphatic carbocycles. The van der Waals surface area contributed by atoms with Crippen molar-refractivity contribution in [1.29, 1.82) is 0 Å². The molecule has 7 nitrogen and oxygen atoms in total. The summed E-state index contributed by atoms with van der Waals surface area (Å²) >= 11 is 5.81. The van der Waals surface area contributed by atoms with Gasteiger partial charge in [0.05, 0.1) is 22.6 Å². The van der Waals surface area contributed by atoms with Gasteiger partial charge in [-0.1, -0.05) is 11.6 Å². The minimum atomic E-state index is -3.45. The van der Waals surface area contributed by atoms with Crippen LogP contribution < -0.4 is 15.8 Å². The maximum atomic E-state index is 12.2. The van der Waals surface area contributed by atoms with E-state index in [4.69, 9.17) is 22.1 Å². The van der Waals surface area contributed by atoms with Gasteiger partial charge < -0.3 is 15.8 Å². The number of anilines is 1. The molecule has 0 saturated heterocycles. The Morgan fingerprint density at radius 3 is 2.71 bits per heavy atom. The van der Waals surface area contributed by atoms with Gasteiger partial charge in [-0.3, -0.25) is 4.79 Å². The van der Waals surface area contributed by atoms with Gasteiger partial charge in [-0.05, 0) is 29.8 Å². The average Bonchev–Trinajstić information content (AvgIpc) is 2.53. The van der Waals surface area contributed by atoms with E-state index in [9.17, 15) is 13.2 Å². The number of nitrogen functional groups attached to an aromatic ring is 1. The minimum Gasteiger partial charge on any atom is -0.497 e. The summed E-state index contributed by atoms with van der Waals surface area (Å²) in [5, 5.41) is 2.88. The first-order chi connectivity index (χ1) is 11.2. The molecule has 2 rings (SSSR count). The highest BCUT2D eigenvalue weighted by molar-refractivity contribution is 7.90. The van der Waals surface area contributed by atoms with Gasteiger partial charge in [-0.25, -0.2) is 13.4 Å². The largest absolute Gasteiger partial charge is 0.497 e. The molecule has 0 bridgehead atoms. The number of hydrogen-bond donors (Lipinski definition) is 2. The van der Waals surface area contributed by atoms with Crippen LogP contribution in [0.2, 0.25) is 5.02 Å². The summed E-state index contributed by atoms with van der Waals surface area (Å²) in [5.41, 5.74) is 6.18. The van der Waals surface area contributed by atoms with Crippen molar-refractivity contribution in [2.75, 3.05) is 19.1 Å². The summed E-state index contributed by atoms with van der Waals surface area (Å²) in [5.74, 6) is 0.00577. The second kappa shape index (κ2) is 7.06. The molecule has 2 aromatic rings. The first kappa shape index (κ1) is 18.0. The minimum absolute atomic E-state index is 0.0234. The fourth-order valence-corrected chi connectivity index (χ4v) is 3.17. The Balaban J connectivity index is 2.28. The van der Waals surface area contributed by atoms with E-state index in [0.717, 1.165) is 6.26 Å². The Morgan fingerprint density at radius 2 is 2.08 bits per heavy atom. The van der Waals surface area contributed by atoms with Gasteiger partial charge in [0.25, 0.3) is 5.91 Å². The second-order valence-corrected chi connectivity index (χ2v) is 7.44. The van der Waals surface area contributed by atoms with Crippen molar-refractivity contribution in [3.63, 3.8) is 0 Å². The number of carbonyl (C=O) groups excluding carboxylic acids is 1. The fourth-order valence-electron chi connectivity index (χ4n) is 2.09. The van der Waals surface area contributed by atoms with Crippen molar-refractivity contribution in [1.82, 2.24) is 10.3 Å². The fraction of sp³-hybridized carbons (Fsp3) is 0.200. The topological polar surface area (TPSA) is 111 Å². The Hall–Kier alpha value is -2.32. The third kappa shape index (κ3) is 4.15. The van der Waals surface area contributed by atoms with Crippen LogP contribution in [0.5, 0.6) is 5.75 Å². The molecule has 0 aliphatic rings. The number of carbonyl (C=O) groups is 1. The monoisotopic (exact) mass is 369 g/mol. The molecule has 3 N–H and O–H groups in total. The van der Waals surface area contributed by atoms with E-state index in [-0.39, 0.29) is 27.8 Å². The molecule has 24 heavy (non-hydrogen) atoms. The number of nitrogens with two attached hydrogens (primary N) is 1. The first-order valence-electron chi connectivity index (χ1n) is 6.78. The Labute approximate surface area is 144 Å². The van der Waals surface area contributed by atoms with E-state index in [0.29, 0.717) is 11.3 Å². The number of nitrogens with zero attached hydrogens (tertiary/aromatic N) is 1. The number of sulfone groups is 1. The zero-order valence-electron chi connectivity index (χ0n) is 13.0. The molecule has 9 heteroatoms. The number of aromatic nitrogens is 1. The highest BCUT2D eigenvalue weighted by Crippen LogP contribution is 2.22. The summed E-state index contributed by atoms with van der Waals surface area (Å²) in [4.78, 5) is 16.2. The number of methoxy groups -OCH3 is 1. The zero-order valence-corrected chi connectivity index (χ0v) is 14.6. The van der Waals surface area contributed by atoms with Crippen LogP contribution in [0, 0.1) is 0 Å². The number of halogens is 1. The molecule has 0 radical (unpaired) electrons. The van der Waals surface area contributed by atoms with Crippen molar-refractivity contribution in [3.8, 4) is 5.75 Å². The third-order valence-corrected chi connectivity index (χ3v) is 4.64. The molecular weight excluding hydrogens is 354 g/mol. The molecule has 0 atom stereocenters. The molecule has 1 aromatic heterocycles. The van der Waals surface area contributed by atoms with E-state index in [2.05, 4.69) is 10.3 Å². The highest BCUT2D eigenvalue weighted by Gasteiger charge is 2.16. The van der Waals surface area contributed by atoms with Crippen LogP contribution in [0.25, 0.3) is 0 Å². The lowest BCUT2D eigenvalue weighted by Crippen LogP contribution is -2.25. The van der Waals surface area contributed by atoms with Crippen molar-refractivity contribution >= 4 is 33.2 Å². The molecule has 0 spiro atoms. The predicted octanol–water partition coefficient (Wildman–Crippen LogP) is 1.66. The SMILES string of the molecule is COc1ccc(S(C)(=O)=O)c(CNC(=O)c2cc(Cl)cnc2N)c1. The van der Waals surface area contributed by atoms with Gasteiger partial charge in [0.2, 0.25) is 0 Å². The molecule has 128 valence electrons. The number of amides is 1. The summed E-state index contributed by atoms with van der Waals surface area (Å²) in [7, 11) is -1.98. The van der Waals surface area contributed by atoms with Crippen LogP contribution >= 0.6 is 11.6 Å². The Kier molecular flexibility index (Phi) is 5.30. The van der Waals surface area contributed by atoms with Crippen molar-refractivity contribution in [3.05, 3.63) is 46.6 Å². The van der Waals surface area contributed by atoms with Crippen LogP contribution in [0.3, 0.4) is 0 Å². The third-order valence-electron chi connectivity index (χ3n) is 3.24. The highest BCUT2D eigenvalue weighted by atomic mass is 35.5. The van der Waals surface area contributed by atoms with E-state index in [1.807, 2.05) is 0 Å². The Bertz CT molecular complexity index is 884. The molecule has 1 aromatic carbocycles. The summed E-state index contributed by atoms with van der Waals surface area (Å²) in [6.45, 7) is -0.0234. The van der Waals surface area contributed by atoms with Crippen LogP contribution in [0.1, 0.15) is 15.9 Å². The molecule has 0 saturated carbocycles.